The molecule has 0 bridgehead atoms. The summed E-state index contributed by atoms with van der Waals surface area (Å²) >= 11 is 0. The summed E-state index contributed by atoms with van der Waals surface area (Å²) in [6.45, 7) is 9.98. The third kappa shape index (κ3) is 3.82. The van der Waals surface area contributed by atoms with Gasteiger partial charge in [-0.1, -0.05) is 39.3 Å². The van der Waals surface area contributed by atoms with E-state index in [0.29, 0.717) is 47.7 Å². The van der Waals surface area contributed by atoms with Crippen LogP contribution in [0.1, 0.15) is 91.9 Å². The first-order chi connectivity index (χ1) is 15.7. The fraction of sp³-hybridized carbons (Fsp3) is 0.897. The van der Waals surface area contributed by atoms with Crippen LogP contribution in [-0.4, -0.2) is 35.0 Å². The second-order valence-electron chi connectivity index (χ2n) is 13.2. The monoisotopic (exact) mass is 458 g/mol. The molecule has 2 N–H and O–H groups in total. The van der Waals surface area contributed by atoms with Gasteiger partial charge in [0.15, 0.2) is 0 Å². The third-order valence-corrected chi connectivity index (χ3v) is 11.5. The van der Waals surface area contributed by atoms with E-state index < -0.39 is 5.97 Å². The summed E-state index contributed by atoms with van der Waals surface area (Å²) in [5.74, 6) is 3.65. The highest BCUT2D eigenvalue weighted by Crippen LogP contribution is 2.69. The van der Waals surface area contributed by atoms with Crippen molar-refractivity contribution in [3.63, 3.8) is 0 Å². The zero-order valence-electron chi connectivity index (χ0n) is 21.3. The van der Waals surface area contributed by atoms with Crippen LogP contribution in [0.15, 0.2) is 11.6 Å². The molecule has 0 aromatic rings. The number of ether oxygens (including phenoxy) is 1. The standard InChI is InChI=1S/C29H46O4/c1-17(16-30)5-8-24-18(2)27-25(33-24)15-23-21-7-6-20-13-19(14-26(31)32)9-11-28(20,3)22(21)10-12-29(23,27)4/h6,17-19,21-25,27,30H,5,7-16H2,1-4H3,(H,31,32)/t17?,18-,19?,21-,22+,23+,24?,25+,27+,28+,29+/m1/s1. The molecule has 0 aromatic heterocycles. The number of allylic oxidation sites excluding steroid dienone is 2. The van der Waals surface area contributed by atoms with Gasteiger partial charge in [0.05, 0.1) is 12.2 Å². The summed E-state index contributed by atoms with van der Waals surface area (Å²) in [5, 5.41) is 18.7. The van der Waals surface area contributed by atoms with E-state index in [4.69, 9.17) is 4.74 Å². The number of carboxylic acids is 1. The zero-order valence-corrected chi connectivity index (χ0v) is 21.3. The number of aliphatic hydroxyl groups is 1. The van der Waals surface area contributed by atoms with Crippen molar-refractivity contribution in [2.45, 2.75) is 104 Å². The number of hydrogen-bond acceptors (Lipinski definition) is 3. The molecule has 0 aromatic carbocycles. The van der Waals surface area contributed by atoms with Gasteiger partial charge in [0.25, 0.3) is 0 Å². The minimum Gasteiger partial charge on any atom is -0.481 e. The minimum absolute atomic E-state index is 0.280. The van der Waals surface area contributed by atoms with E-state index in [-0.39, 0.29) is 12.0 Å². The third-order valence-electron chi connectivity index (χ3n) is 11.5. The van der Waals surface area contributed by atoms with Crippen LogP contribution in [0, 0.1) is 52.3 Å². The van der Waals surface area contributed by atoms with Crippen molar-refractivity contribution in [1.29, 1.82) is 0 Å². The average molecular weight is 459 g/mol. The van der Waals surface area contributed by atoms with Crippen LogP contribution in [0.3, 0.4) is 0 Å². The Morgan fingerprint density at radius 2 is 2.03 bits per heavy atom. The molecule has 3 saturated carbocycles. The molecule has 4 nitrogen and oxygen atoms in total. The van der Waals surface area contributed by atoms with Crippen molar-refractivity contribution < 1.29 is 19.7 Å². The summed E-state index contributed by atoms with van der Waals surface area (Å²) < 4.78 is 6.76. The predicted octanol–water partition coefficient (Wildman–Crippen LogP) is 6.08. The van der Waals surface area contributed by atoms with Gasteiger partial charge in [0.2, 0.25) is 0 Å². The van der Waals surface area contributed by atoms with Crippen LogP contribution < -0.4 is 0 Å². The van der Waals surface area contributed by atoms with Gasteiger partial charge in [-0.05, 0) is 110 Å². The first-order valence-electron chi connectivity index (χ1n) is 13.8. The Balaban J connectivity index is 1.31. The minimum atomic E-state index is -0.637. The number of hydrogen-bond donors (Lipinski definition) is 2. The highest BCUT2D eigenvalue weighted by molar-refractivity contribution is 5.67. The van der Waals surface area contributed by atoms with E-state index >= 15 is 0 Å². The molecule has 4 fully saturated rings. The number of aliphatic hydroxyl groups excluding tert-OH is 1. The number of fused-ring (bicyclic) bond motifs is 7. The lowest BCUT2D eigenvalue weighted by Crippen LogP contribution is -2.50. The van der Waals surface area contributed by atoms with E-state index in [1.807, 2.05) is 0 Å². The summed E-state index contributed by atoms with van der Waals surface area (Å²) in [4.78, 5) is 11.3. The van der Waals surface area contributed by atoms with Crippen LogP contribution in [0.2, 0.25) is 0 Å². The molecule has 1 aliphatic heterocycles. The maximum atomic E-state index is 11.3. The van der Waals surface area contributed by atoms with Gasteiger partial charge in [-0.15, -0.1) is 0 Å². The van der Waals surface area contributed by atoms with E-state index in [2.05, 4.69) is 33.8 Å². The van der Waals surface area contributed by atoms with Crippen molar-refractivity contribution >= 4 is 5.97 Å². The molecule has 186 valence electrons. The SMILES string of the molecule is CC(CO)CCC1O[C@H]2C[C@H]3[C@@H]4CC=C5CC(CC(=O)O)CC[C@]5(C)[C@H]4CC[C@]3(C)[C@H]2[C@@H]1C. The van der Waals surface area contributed by atoms with Gasteiger partial charge >= 0.3 is 5.97 Å². The van der Waals surface area contributed by atoms with Gasteiger partial charge < -0.3 is 14.9 Å². The largest absolute Gasteiger partial charge is 0.481 e. The molecule has 5 rings (SSSR count). The zero-order chi connectivity index (χ0) is 23.5. The Labute approximate surface area is 200 Å². The van der Waals surface area contributed by atoms with Crippen LogP contribution in [-0.2, 0) is 9.53 Å². The van der Waals surface area contributed by atoms with E-state index in [0.717, 1.165) is 43.4 Å². The molecule has 0 spiro atoms. The molecule has 33 heavy (non-hydrogen) atoms. The fourth-order valence-corrected chi connectivity index (χ4v) is 9.71. The molecule has 5 aliphatic rings. The first-order valence-corrected chi connectivity index (χ1v) is 13.8. The summed E-state index contributed by atoms with van der Waals surface area (Å²) in [6.07, 6.45) is 14.2. The number of carboxylic acid groups (broad SMARTS) is 1. The lowest BCUT2D eigenvalue weighted by Gasteiger charge is -2.58. The highest BCUT2D eigenvalue weighted by Gasteiger charge is 2.64. The van der Waals surface area contributed by atoms with Crippen LogP contribution in [0.5, 0.6) is 0 Å². The van der Waals surface area contributed by atoms with Crippen molar-refractivity contribution in [2.75, 3.05) is 6.61 Å². The Morgan fingerprint density at radius 1 is 1.24 bits per heavy atom. The van der Waals surface area contributed by atoms with Crippen molar-refractivity contribution in [1.82, 2.24) is 0 Å². The maximum absolute atomic E-state index is 11.3. The first kappa shape index (κ1) is 23.9. The van der Waals surface area contributed by atoms with Crippen LogP contribution in [0.25, 0.3) is 0 Å². The fourth-order valence-electron chi connectivity index (χ4n) is 9.71. The van der Waals surface area contributed by atoms with Gasteiger partial charge in [0, 0.05) is 13.0 Å². The summed E-state index contributed by atoms with van der Waals surface area (Å²) in [5.41, 5.74) is 2.27. The molecule has 4 aliphatic carbocycles. The molecule has 1 saturated heterocycles. The molecule has 0 radical (unpaired) electrons. The second kappa shape index (κ2) is 8.66. The Bertz CT molecular complexity index is 790. The van der Waals surface area contributed by atoms with Crippen LogP contribution in [0.4, 0.5) is 0 Å². The lowest BCUT2D eigenvalue weighted by molar-refractivity contribution is -0.138. The molecule has 3 unspecified atom stereocenters. The van der Waals surface area contributed by atoms with Gasteiger partial charge in [-0.2, -0.15) is 0 Å². The second-order valence-corrected chi connectivity index (χ2v) is 13.2. The normalized spacial score (nSPS) is 49.4. The predicted molar refractivity (Wildman–Crippen MR) is 130 cm³/mol. The smallest absolute Gasteiger partial charge is 0.303 e. The van der Waals surface area contributed by atoms with E-state index in [1.54, 1.807) is 5.57 Å². The molecule has 4 heteroatoms. The molecular weight excluding hydrogens is 412 g/mol. The van der Waals surface area contributed by atoms with Crippen molar-refractivity contribution in [2.24, 2.45) is 52.3 Å². The van der Waals surface area contributed by atoms with E-state index in [1.165, 1.54) is 32.1 Å². The average Bonchev–Trinajstić information content (AvgIpc) is 3.25. The number of carbonyl (C=O) groups is 1. The topological polar surface area (TPSA) is 66.8 Å². The molecule has 11 atom stereocenters. The molecular formula is C29H46O4. The van der Waals surface area contributed by atoms with Crippen molar-refractivity contribution in [3.05, 3.63) is 11.6 Å². The van der Waals surface area contributed by atoms with Crippen LogP contribution >= 0.6 is 0 Å². The highest BCUT2D eigenvalue weighted by atomic mass is 16.5. The lowest BCUT2D eigenvalue weighted by atomic mass is 9.46. The maximum Gasteiger partial charge on any atom is 0.303 e. The number of aliphatic carboxylic acids is 1. The molecule has 0 amide bonds. The van der Waals surface area contributed by atoms with Gasteiger partial charge in [-0.3, -0.25) is 4.79 Å². The van der Waals surface area contributed by atoms with E-state index in [9.17, 15) is 15.0 Å². The van der Waals surface area contributed by atoms with Crippen molar-refractivity contribution in [3.8, 4) is 0 Å². The Morgan fingerprint density at radius 3 is 2.76 bits per heavy atom. The Hall–Kier alpha value is -0.870. The molecule has 1 heterocycles. The summed E-state index contributed by atoms with van der Waals surface area (Å²) in [7, 11) is 0. The summed E-state index contributed by atoms with van der Waals surface area (Å²) in [6, 6.07) is 0. The van der Waals surface area contributed by atoms with Gasteiger partial charge in [0.1, 0.15) is 0 Å². The quantitative estimate of drug-likeness (QED) is 0.474. The Kier molecular flexibility index (Phi) is 6.26. The number of rotatable bonds is 6. The van der Waals surface area contributed by atoms with Gasteiger partial charge in [-0.25, -0.2) is 0 Å².